The third kappa shape index (κ3) is 3.55. The molecule has 102 valence electrons. The number of aliphatic hydroxyl groups is 1. The number of rotatable bonds is 5. The first kappa shape index (κ1) is 14.0. The van der Waals surface area contributed by atoms with E-state index in [-0.39, 0.29) is 5.60 Å². The van der Waals surface area contributed by atoms with Crippen molar-refractivity contribution in [2.45, 2.75) is 38.9 Å². The van der Waals surface area contributed by atoms with Crippen molar-refractivity contribution in [1.29, 1.82) is 0 Å². The summed E-state index contributed by atoms with van der Waals surface area (Å²) in [7, 11) is 0. The Kier molecular flexibility index (Phi) is 4.23. The van der Waals surface area contributed by atoms with Gasteiger partial charge in [0.1, 0.15) is 6.10 Å². The van der Waals surface area contributed by atoms with Crippen molar-refractivity contribution in [2.24, 2.45) is 0 Å². The molecule has 0 aromatic heterocycles. The van der Waals surface area contributed by atoms with Crippen LogP contribution in [-0.2, 0) is 4.74 Å². The molecule has 0 aliphatic rings. The summed E-state index contributed by atoms with van der Waals surface area (Å²) in [6, 6.07) is 14.2. The highest BCUT2D eigenvalue weighted by atomic mass is 16.5. The zero-order valence-electron chi connectivity index (χ0n) is 11.9. The van der Waals surface area contributed by atoms with Crippen molar-refractivity contribution in [2.75, 3.05) is 6.61 Å². The Labute approximate surface area is 115 Å². The summed E-state index contributed by atoms with van der Waals surface area (Å²) in [6.07, 6.45) is 0.354. The molecule has 2 aromatic rings. The van der Waals surface area contributed by atoms with Crippen molar-refractivity contribution in [1.82, 2.24) is 0 Å². The van der Waals surface area contributed by atoms with Gasteiger partial charge in [-0.05, 0) is 42.7 Å². The van der Waals surface area contributed by atoms with Crippen LogP contribution >= 0.6 is 0 Å². The molecular weight excluding hydrogens is 236 g/mol. The van der Waals surface area contributed by atoms with E-state index in [0.29, 0.717) is 6.61 Å². The van der Waals surface area contributed by atoms with Crippen molar-refractivity contribution < 1.29 is 9.84 Å². The average Bonchev–Trinajstić information content (AvgIpc) is 2.44. The molecule has 0 radical (unpaired) electrons. The first-order chi connectivity index (χ1) is 9.02. The van der Waals surface area contributed by atoms with E-state index >= 15 is 0 Å². The minimum Gasteiger partial charge on any atom is -0.386 e. The zero-order chi connectivity index (χ0) is 13.9. The predicted molar refractivity (Wildman–Crippen MR) is 79.2 cm³/mol. The molecule has 1 atom stereocenters. The maximum absolute atomic E-state index is 10.2. The van der Waals surface area contributed by atoms with Gasteiger partial charge in [-0.2, -0.15) is 0 Å². The van der Waals surface area contributed by atoms with Gasteiger partial charge in [0.15, 0.2) is 0 Å². The first-order valence-electron chi connectivity index (χ1n) is 6.82. The fraction of sp³-hybridized carbons (Fsp3) is 0.412. The SMILES string of the molecule is CCC(C)(C)OCC(O)c1ccc2ccccc2c1. The molecule has 0 fully saturated rings. The second-order valence-electron chi connectivity index (χ2n) is 5.55. The molecule has 2 aromatic carbocycles. The lowest BCUT2D eigenvalue weighted by molar-refractivity contribution is -0.0618. The highest BCUT2D eigenvalue weighted by molar-refractivity contribution is 5.83. The van der Waals surface area contributed by atoms with E-state index in [1.54, 1.807) is 0 Å². The Balaban J connectivity index is 2.11. The van der Waals surface area contributed by atoms with Gasteiger partial charge in [0, 0.05) is 0 Å². The summed E-state index contributed by atoms with van der Waals surface area (Å²) >= 11 is 0. The number of fused-ring (bicyclic) bond motifs is 1. The normalized spacial score (nSPS) is 13.7. The van der Waals surface area contributed by atoms with Crippen LogP contribution in [0.5, 0.6) is 0 Å². The third-order valence-electron chi connectivity index (χ3n) is 3.64. The fourth-order valence-corrected chi connectivity index (χ4v) is 1.92. The number of ether oxygens (including phenoxy) is 1. The molecule has 0 heterocycles. The van der Waals surface area contributed by atoms with Crippen molar-refractivity contribution in [3.8, 4) is 0 Å². The van der Waals surface area contributed by atoms with E-state index in [0.717, 1.165) is 17.4 Å². The van der Waals surface area contributed by atoms with Gasteiger partial charge in [-0.25, -0.2) is 0 Å². The molecule has 0 amide bonds. The second kappa shape index (κ2) is 5.72. The van der Waals surface area contributed by atoms with E-state index in [9.17, 15) is 5.11 Å². The van der Waals surface area contributed by atoms with Gasteiger partial charge in [0.05, 0.1) is 12.2 Å². The molecule has 1 unspecified atom stereocenters. The largest absolute Gasteiger partial charge is 0.386 e. The molecule has 0 aliphatic heterocycles. The van der Waals surface area contributed by atoms with Gasteiger partial charge in [-0.3, -0.25) is 0 Å². The Morgan fingerprint density at radius 3 is 2.47 bits per heavy atom. The number of hydrogen-bond donors (Lipinski definition) is 1. The predicted octanol–water partition coefficient (Wildman–Crippen LogP) is 4.08. The van der Waals surface area contributed by atoms with Crippen molar-refractivity contribution >= 4 is 10.8 Å². The monoisotopic (exact) mass is 258 g/mol. The lowest BCUT2D eigenvalue weighted by Gasteiger charge is -2.25. The van der Waals surface area contributed by atoms with Crippen LogP contribution in [-0.4, -0.2) is 17.3 Å². The van der Waals surface area contributed by atoms with E-state index in [4.69, 9.17) is 4.74 Å². The van der Waals surface area contributed by atoms with Gasteiger partial charge >= 0.3 is 0 Å². The molecule has 0 bridgehead atoms. The molecule has 0 saturated carbocycles. The van der Waals surface area contributed by atoms with E-state index in [1.807, 2.05) is 44.2 Å². The quantitative estimate of drug-likeness (QED) is 0.875. The molecule has 2 heteroatoms. The molecule has 0 aliphatic carbocycles. The highest BCUT2D eigenvalue weighted by Gasteiger charge is 2.18. The molecule has 2 nitrogen and oxygen atoms in total. The summed E-state index contributed by atoms with van der Waals surface area (Å²) < 4.78 is 5.76. The maximum Gasteiger partial charge on any atom is 0.102 e. The summed E-state index contributed by atoms with van der Waals surface area (Å²) in [5.74, 6) is 0. The average molecular weight is 258 g/mol. The number of benzene rings is 2. The van der Waals surface area contributed by atoms with Gasteiger partial charge < -0.3 is 9.84 Å². The minimum absolute atomic E-state index is 0.183. The molecule has 2 rings (SSSR count). The lowest BCUT2D eigenvalue weighted by Crippen LogP contribution is -2.25. The van der Waals surface area contributed by atoms with Crippen LogP contribution in [0.3, 0.4) is 0 Å². The van der Waals surface area contributed by atoms with E-state index in [2.05, 4.69) is 19.1 Å². The molecular formula is C17H22O2. The van der Waals surface area contributed by atoms with E-state index < -0.39 is 6.10 Å². The Morgan fingerprint density at radius 2 is 1.79 bits per heavy atom. The molecule has 0 spiro atoms. The van der Waals surface area contributed by atoms with Crippen LogP contribution in [0.25, 0.3) is 10.8 Å². The van der Waals surface area contributed by atoms with Crippen molar-refractivity contribution in [3.63, 3.8) is 0 Å². The van der Waals surface area contributed by atoms with Crippen LogP contribution in [0.4, 0.5) is 0 Å². The van der Waals surface area contributed by atoms with Crippen LogP contribution in [0, 0.1) is 0 Å². The van der Waals surface area contributed by atoms with Crippen LogP contribution in [0.15, 0.2) is 42.5 Å². The van der Waals surface area contributed by atoms with Crippen molar-refractivity contribution in [3.05, 3.63) is 48.0 Å². The Hall–Kier alpha value is -1.38. The van der Waals surface area contributed by atoms with Gasteiger partial charge in [0.25, 0.3) is 0 Å². The van der Waals surface area contributed by atoms with Crippen LogP contribution < -0.4 is 0 Å². The smallest absolute Gasteiger partial charge is 0.102 e. The topological polar surface area (TPSA) is 29.5 Å². The number of hydrogen-bond acceptors (Lipinski definition) is 2. The summed E-state index contributed by atoms with van der Waals surface area (Å²) in [5, 5.41) is 12.5. The van der Waals surface area contributed by atoms with Crippen LogP contribution in [0.2, 0.25) is 0 Å². The number of aliphatic hydroxyl groups excluding tert-OH is 1. The summed E-state index contributed by atoms with van der Waals surface area (Å²) in [5.41, 5.74) is 0.725. The Bertz CT molecular complexity index is 546. The minimum atomic E-state index is -0.574. The third-order valence-corrected chi connectivity index (χ3v) is 3.64. The molecule has 19 heavy (non-hydrogen) atoms. The van der Waals surface area contributed by atoms with E-state index in [1.165, 1.54) is 5.39 Å². The molecule has 1 N–H and O–H groups in total. The Morgan fingerprint density at radius 1 is 1.11 bits per heavy atom. The zero-order valence-corrected chi connectivity index (χ0v) is 11.9. The lowest BCUT2D eigenvalue weighted by atomic mass is 10.0. The molecule has 0 saturated heterocycles. The summed E-state index contributed by atoms with van der Waals surface area (Å²) in [6.45, 7) is 6.50. The standard InChI is InChI=1S/C17H22O2/c1-4-17(2,3)19-12-16(18)15-10-9-13-7-5-6-8-14(13)11-15/h5-11,16,18H,4,12H2,1-3H3. The van der Waals surface area contributed by atoms with Gasteiger partial charge in [-0.1, -0.05) is 43.3 Å². The highest BCUT2D eigenvalue weighted by Crippen LogP contribution is 2.23. The first-order valence-corrected chi connectivity index (χ1v) is 6.82. The second-order valence-corrected chi connectivity index (χ2v) is 5.55. The maximum atomic E-state index is 10.2. The fourth-order valence-electron chi connectivity index (χ4n) is 1.92. The van der Waals surface area contributed by atoms with Crippen LogP contribution in [0.1, 0.15) is 38.9 Å². The summed E-state index contributed by atoms with van der Waals surface area (Å²) in [4.78, 5) is 0. The van der Waals surface area contributed by atoms with Gasteiger partial charge in [0.2, 0.25) is 0 Å². The van der Waals surface area contributed by atoms with Gasteiger partial charge in [-0.15, -0.1) is 0 Å².